The molecule has 0 saturated carbocycles. The molecule has 36 heavy (non-hydrogen) atoms. The van der Waals surface area contributed by atoms with Crippen LogP contribution in [0.25, 0.3) is 0 Å². The standard InChI is InChI=1S/C28H30N2O6/c1-19-7-8-22(17-20(19)2)30-27(32)18-35-28(33)6-4-5-26(31)29-21-9-11-24(12-10-21)36-25-15-13-23(34-3)14-16-25/h7-17H,4-6,18H2,1-3H3,(H,29,31)(H,30,32). The van der Waals surface area contributed by atoms with E-state index in [9.17, 15) is 14.4 Å². The molecule has 3 rings (SSSR count). The van der Waals surface area contributed by atoms with Crippen LogP contribution in [-0.4, -0.2) is 31.5 Å². The summed E-state index contributed by atoms with van der Waals surface area (Å²) in [4.78, 5) is 36.1. The number of amides is 2. The van der Waals surface area contributed by atoms with Crippen molar-refractivity contribution in [1.82, 2.24) is 0 Å². The molecule has 0 spiro atoms. The maximum Gasteiger partial charge on any atom is 0.306 e. The van der Waals surface area contributed by atoms with Gasteiger partial charge in [0.2, 0.25) is 5.91 Å². The molecule has 0 aliphatic rings. The highest BCUT2D eigenvalue weighted by molar-refractivity contribution is 5.93. The third kappa shape index (κ3) is 8.47. The Bertz CT molecular complexity index is 1190. The molecule has 0 unspecified atom stereocenters. The van der Waals surface area contributed by atoms with Crippen molar-refractivity contribution in [2.75, 3.05) is 24.4 Å². The average Bonchev–Trinajstić information content (AvgIpc) is 2.87. The zero-order valence-electron chi connectivity index (χ0n) is 20.6. The first kappa shape index (κ1) is 26.3. The van der Waals surface area contributed by atoms with Gasteiger partial charge in [0.15, 0.2) is 6.61 Å². The summed E-state index contributed by atoms with van der Waals surface area (Å²) in [7, 11) is 1.60. The summed E-state index contributed by atoms with van der Waals surface area (Å²) < 4.78 is 15.9. The van der Waals surface area contributed by atoms with Gasteiger partial charge in [-0.05, 0) is 92.1 Å². The molecule has 0 atom stereocenters. The Kier molecular flexibility index (Phi) is 9.45. The summed E-state index contributed by atoms with van der Waals surface area (Å²) in [5, 5.41) is 5.48. The summed E-state index contributed by atoms with van der Waals surface area (Å²) in [6.07, 6.45) is 0.495. The number of methoxy groups -OCH3 is 1. The van der Waals surface area contributed by atoms with Crippen molar-refractivity contribution in [3.8, 4) is 17.2 Å². The second kappa shape index (κ2) is 12.9. The Hall–Kier alpha value is -4.33. The Balaban J connectivity index is 1.33. The highest BCUT2D eigenvalue weighted by Gasteiger charge is 2.10. The van der Waals surface area contributed by atoms with Crippen molar-refractivity contribution in [2.24, 2.45) is 0 Å². The minimum absolute atomic E-state index is 0.0407. The van der Waals surface area contributed by atoms with E-state index in [1.807, 2.05) is 26.0 Å². The number of esters is 1. The number of hydrogen-bond acceptors (Lipinski definition) is 6. The topological polar surface area (TPSA) is 103 Å². The SMILES string of the molecule is COc1ccc(Oc2ccc(NC(=O)CCCC(=O)OCC(=O)Nc3ccc(C)c(C)c3)cc2)cc1. The maximum absolute atomic E-state index is 12.2. The Labute approximate surface area is 210 Å². The molecule has 8 nitrogen and oxygen atoms in total. The van der Waals surface area contributed by atoms with Crippen molar-refractivity contribution in [3.05, 3.63) is 77.9 Å². The fourth-order valence-electron chi connectivity index (χ4n) is 3.24. The molecule has 0 aromatic heterocycles. The molecule has 0 radical (unpaired) electrons. The first-order valence-corrected chi connectivity index (χ1v) is 11.6. The average molecular weight is 491 g/mol. The lowest BCUT2D eigenvalue weighted by atomic mass is 10.1. The van der Waals surface area contributed by atoms with Gasteiger partial charge in [-0.3, -0.25) is 14.4 Å². The minimum atomic E-state index is -0.530. The van der Waals surface area contributed by atoms with E-state index in [1.165, 1.54) is 0 Å². The number of anilines is 2. The number of carbonyl (C=O) groups excluding carboxylic acids is 3. The predicted molar refractivity (Wildman–Crippen MR) is 137 cm³/mol. The van der Waals surface area contributed by atoms with Crippen LogP contribution in [0.2, 0.25) is 0 Å². The summed E-state index contributed by atoms with van der Waals surface area (Å²) in [5.41, 5.74) is 3.45. The second-order valence-corrected chi connectivity index (χ2v) is 8.21. The van der Waals surface area contributed by atoms with E-state index in [0.29, 0.717) is 29.3 Å². The number of aryl methyl sites for hydroxylation is 2. The van der Waals surface area contributed by atoms with Crippen molar-refractivity contribution >= 4 is 29.2 Å². The number of nitrogens with one attached hydrogen (secondary N) is 2. The van der Waals surface area contributed by atoms with Crippen molar-refractivity contribution in [3.63, 3.8) is 0 Å². The molecule has 2 amide bonds. The highest BCUT2D eigenvalue weighted by atomic mass is 16.5. The quantitative estimate of drug-likeness (QED) is 0.349. The van der Waals surface area contributed by atoms with Crippen LogP contribution < -0.4 is 20.1 Å². The van der Waals surface area contributed by atoms with Crippen molar-refractivity contribution < 1.29 is 28.6 Å². The Morgan fingerprint density at radius 1 is 0.694 bits per heavy atom. The molecule has 0 bridgehead atoms. The molecular formula is C28H30N2O6. The van der Waals surface area contributed by atoms with Gasteiger partial charge in [0.25, 0.3) is 5.91 Å². The summed E-state index contributed by atoms with van der Waals surface area (Å²) in [6.45, 7) is 3.57. The van der Waals surface area contributed by atoms with Crippen LogP contribution in [0.5, 0.6) is 17.2 Å². The molecule has 0 saturated heterocycles. The van der Waals surface area contributed by atoms with Crippen LogP contribution >= 0.6 is 0 Å². The molecule has 3 aromatic rings. The first-order chi connectivity index (χ1) is 17.3. The normalized spacial score (nSPS) is 10.3. The monoisotopic (exact) mass is 490 g/mol. The van der Waals surface area contributed by atoms with E-state index in [-0.39, 0.29) is 25.4 Å². The number of ether oxygens (including phenoxy) is 3. The Morgan fingerprint density at radius 2 is 1.28 bits per heavy atom. The van der Waals surface area contributed by atoms with Crippen LogP contribution in [0.1, 0.15) is 30.4 Å². The van der Waals surface area contributed by atoms with Gasteiger partial charge in [0.05, 0.1) is 7.11 Å². The van der Waals surface area contributed by atoms with Crippen molar-refractivity contribution in [1.29, 1.82) is 0 Å². The lowest BCUT2D eigenvalue weighted by Gasteiger charge is -2.09. The highest BCUT2D eigenvalue weighted by Crippen LogP contribution is 2.25. The van der Waals surface area contributed by atoms with Gasteiger partial charge in [-0.15, -0.1) is 0 Å². The molecular weight excluding hydrogens is 460 g/mol. The summed E-state index contributed by atoms with van der Waals surface area (Å²) in [5.74, 6) is 0.873. The molecule has 2 N–H and O–H groups in total. The van der Waals surface area contributed by atoms with E-state index < -0.39 is 11.9 Å². The zero-order valence-corrected chi connectivity index (χ0v) is 20.6. The summed E-state index contributed by atoms with van der Waals surface area (Å²) in [6, 6.07) is 19.7. The van der Waals surface area contributed by atoms with Crippen molar-refractivity contribution in [2.45, 2.75) is 33.1 Å². The van der Waals surface area contributed by atoms with E-state index in [2.05, 4.69) is 10.6 Å². The van der Waals surface area contributed by atoms with E-state index in [1.54, 1.807) is 61.7 Å². The fraction of sp³-hybridized carbons (Fsp3) is 0.250. The number of carbonyl (C=O) groups is 3. The van der Waals surface area contributed by atoms with Gasteiger partial charge in [-0.25, -0.2) is 0 Å². The van der Waals surface area contributed by atoms with Crippen LogP contribution in [0.3, 0.4) is 0 Å². The lowest BCUT2D eigenvalue weighted by molar-refractivity contribution is -0.147. The Morgan fingerprint density at radius 3 is 1.92 bits per heavy atom. The molecule has 0 heterocycles. The van der Waals surface area contributed by atoms with Gasteiger partial charge in [0.1, 0.15) is 17.2 Å². The van der Waals surface area contributed by atoms with E-state index in [4.69, 9.17) is 14.2 Å². The maximum atomic E-state index is 12.2. The number of rotatable bonds is 11. The van der Waals surface area contributed by atoms with Crippen LogP contribution in [0, 0.1) is 13.8 Å². The number of benzene rings is 3. The van der Waals surface area contributed by atoms with Crippen LogP contribution in [0.15, 0.2) is 66.7 Å². The molecule has 0 aliphatic carbocycles. The predicted octanol–water partition coefficient (Wildman–Crippen LogP) is 5.40. The summed E-state index contributed by atoms with van der Waals surface area (Å²) >= 11 is 0. The smallest absolute Gasteiger partial charge is 0.306 e. The van der Waals surface area contributed by atoms with Gasteiger partial charge in [-0.2, -0.15) is 0 Å². The van der Waals surface area contributed by atoms with Gasteiger partial charge < -0.3 is 24.8 Å². The molecule has 188 valence electrons. The first-order valence-electron chi connectivity index (χ1n) is 11.6. The number of hydrogen-bond donors (Lipinski definition) is 2. The largest absolute Gasteiger partial charge is 0.497 e. The van der Waals surface area contributed by atoms with Gasteiger partial charge >= 0.3 is 5.97 Å². The minimum Gasteiger partial charge on any atom is -0.497 e. The zero-order chi connectivity index (χ0) is 25.9. The molecule has 3 aromatic carbocycles. The molecule has 0 aliphatic heterocycles. The van der Waals surface area contributed by atoms with Crippen LogP contribution in [0.4, 0.5) is 11.4 Å². The molecule has 8 heteroatoms. The van der Waals surface area contributed by atoms with E-state index >= 15 is 0 Å². The third-order valence-electron chi connectivity index (χ3n) is 5.37. The lowest BCUT2D eigenvalue weighted by Crippen LogP contribution is -2.21. The van der Waals surface area contributed by atoms with Gasteiger partial charge in [-0.1, -0.05) is 6.07 Å². The van der Waals surface area contributed by atoms with Gasteiger partial charge in [0, 0.05) is 24.2 Å². The third-order valence-corrected chi connectivity index (χ3v) is 5.37. The fourth-order valence-corrected chi connectivity index (χ4v) is 3.24. The van der Waals surface area contributed by atoms with E-state index in [0.717, 1.165) is 16.9 Å². The molecule has 0 fully saturated rings. The second-order valence-electron chi connectivity index (χ2n) is 8.21. The van der Waals surface area contributed by atoms with Crippen LogP contribution in [-0.2, 0) is 19.1 Å².